The highest BCUT2D eigenvalue weighted by molar-refractivity contribution is 6.34. The zero-order chi connectivity index (χ0) is 14.5. The third-order valence-corrected chi connectivity index (χ3v) is 2.94. The molecule has 0 spiro atoms. The molecule has 2 aromatic rings. The summed E-state index contributed by atoms with van der Waals surface area (Å²) in [5.41, 5.74) is 7.13. The van der Waals surface area contributed by atoms with Crippen LogP contribution in [0.5, 0.6) is 0 Å². The minimum Gasteiger partial charge on any atom is -1.00 e. The van der Waals surface area contributed by atoms with E-state index in [2.05, 4.69) is 4.98 Å². The second-order valence-corrected chi connectivity index (χ2v) is 4.16. The van der Waals surface area contributed by atoms with Gasteiger partial charge in [-0.1, -0.05) is 12.1 Å². The van der Waals surface area contributed by atoms with E-state index in [1.807, 2.05) is 24.3 Å². The average Bonchev–Trinajstić information content (AvgIpc) is 2.48. The molecule has 0 aliphatic heterocycles. The summed E-state index contributed by atoms with van der Waals surface area (Å²) in [4.78, 5) is 27.9. The van der Waals surface area contributed by atoms with Crippen molar-refractivity contribution in [2.45, 2.75) is 13.0 Å². The third kappa shape index (κ3) is 3.62. The van der Waals surface area contributed by atoms with Crippen LogP contribution in [-0.2, 0) is 14.3 Å². The van der Waals surface area contributed by atoms with Crippen LogP contribution in [0, 0.1) is 0 Å². The van der Waals surface area contributed by atoms with Crippen LogP contribution in [0.4, 0.5) is 0 Å². The zero-order valence-electron chi connectivity index (χ0n) is 11.5. The number of aromatic nitrogens is 2. The van der Waals surface area contributed by atoms with Gasteiger partial charge in [-0.2, -0.15) is 4.57 Å². The van der Waals surface area contributed by atoms with Crippen molar-refractivity contribution < 1.29 is 35.9 Å². The van der Waals surface area contributed by atoms with Crippen molar-refractivity contribution in [3.63, 3.8) is 0 Å². The van der Waals surface area contributed by atoms with E-state index in [-0.39, 0.29) is 30.1 Å². The van der Waals surface area contributed by atoms with Crippen LogP contribution in [0.1, 0.15) is 13.0 Å². The summed E-state index contributed by atoms with van der Waals surface area (Å²) in [5.74, 6) is -1.52. The molecule has 1 atom stereocenters. The number of carbonyl (C=O) groups excluding carboxylic acids is 2. The maximum absolute atomic E-state index is 12.1. The summed E-state index contributed by atoms with van der Waals surface area (Å²) in [5, 5.41) is 0. The molecule has 2 rings (SSSR count). The minimum atomic E-state index is -0.864. The van der Waals surface area contributed by atoms with Crippen LogP contribution in [0.15, 0.2) is 36.7 Å². The Bertz CT molecular complexity index is 643. The Morgan fingerprint density at radius 3 is 2.76 bits per heavy atom. The van der Waals surface area contributed by atoms with Crippen LogP contribution in [0.3, 0.4) is 0 Å². The normalized spacial score (nSPS) is 11.5. The zero-order valence-corrected chi connectivity index (χ0v) is 13.1. The fraction of sp³-hybridized carbons (Fsp3) is 0.286. The predicted molar refractivity (Wildman–Crippen MR) is 71.7 cm³/mol. The molecule has 0 aliphatic rings. The van der Waals surface area contributed by atoms with Crippen LogP contribution in [-0.4, -0.2) is 29.9 Å². The first-order valence-corrected chi connectivity index (χ1v) is 6.35. The lowest BCUT2D eigenvalue weighted by atomic mass is 10.1. The average molecular weight is 354 g/mol. The van der Waals surface area contributed by atoms with E-state index in [1.165, 1.54) is 0 Å². The van der Waals surface area contributed by atoms with Crippen molar-refractivity contribution in [3.05, 3.63) is 36.7 Å². The number of halogens is 1. The first kappa shape index (κ1) is 17.2. The molecule has 1 aromatic carbocycles. The molecule has 0 saturated heterocycles. The number of nitrogens with zero attached hydrogens (tertiary/aromatic N) is 2. The van der Waals surface area contributed by atoms with Crippen molar-refractivity contribution in [3.8, 4) is 0 Å². The Kier molecular flexibility index (Phi) is 6.39. The van der Waals surface area contributed by atoms with Crippen LogP contribution < -0.4 is 27.3 Å². The van der Waals surface area contributed by atoms with Crippen LogP contribution in [0.25, 0.3) is 11.0 Å². The predicted octanol–water partition coefficient (Wildman–Crippen LogP) is -2.84. The molecule has 1 aromatic heterocycles. The maximum Gasteiger partial charge on any atom is 0.381 e. The summed E-state index contributed by atoms with van der Waals surface area (Å²) in [6, 6.07) is 6.55. The fourth-order valence-electron chi connectivity index (χ4n) is 2.01. The summed E-state index contributed by atoms with van der Waals surface area (Å²) in [7, 11) is 0. The lowest BCUT2D eigenvalue weighted by Gasteiger charge is -2.10. The van der Waals surface area contributed by atoms with Gasteiger partial charge in [0.1, 0.15) is 5.52 Å². The Balaban J connectivity index is 0.00000220. The van der Waals surface area contributed by atoms with E-state index in [9.17, 15) is 9.59 Å². The van der Waals surface area contributed by atoms with Gasteiger partial charge in [0.05, 0.1) is 19.3 Å². The van der Waals surface area contributed by atoms with Gasteiger partial charge < -0.3 is 27.5 Å². The number of hydrogen-bond donors (Lipinski definition) is 1. The number of hydrogen-bond acceptors (Lipinski definition) is 5. The molecule has 0 saturated carbocycles. The lowest BCUT2D eigenvalue weighted by Crippen LogP contribution is -3.00. The lowest BCUT2D eigenvalue weighted by molar-refractivity contribution is -0.681. The molecule has 0 bridgehead atoms. The quantitative estimate of drug-likeness (QED) is 0.355. The number of benzene rings is 1. The summed E-state index contributed by atoms with van der Waals surface area (Å²) >= 11 is 0. The second-order valence-electron chi connectivity index (χ2n) is 4.16. The Labute approximate surface area is 132 Å². The fourth-order valence-corrected chi connectivity index (χ4v) is 2.01. The standard InChI is InChI=1S/C14H16N3O3.BrH/c1-2-20-14(19)13(18)12(9-15)17-8-7-16-10-5-3-4-6-11(10)17;/h3-8,12H,2,9,15H2,1H3;1H/q+1;/p-1. The number of ketones is 1. The van der Waals surface area contributed by atoms with E-state index >= 15 is 0 Å². The summed E-state index contributed by atoms with van der Waals surface area (Å²) in [6.45, 7) is 1.82. The molecule has 6 nitrogen and oxygen atoms in total. The molecule has 21 heavy (non-hydrogen) atoms. The van der Waals surface area contributed by atoms with E-state index in [1.54, 1.807) is 23.9 Å². The first-order valence-electron chi connectivity index (χ1n) is 6.35. The SMILES string of the molecule is CCOC(=O)C(=O)C(CN)[n+]1ccnc2ccccc21.[Br-]. The molecule has 7 heteroatoms. The number of para-hydroxylation sites is 2. The highest BCUT2D eigenvalue weighted by Crippen LogP contribution is 2.08. The number of nitrogens with two attached hydrogens (primary N) is 1. The molecule has 112 valence electrons. The molecule has 0 fully saturated rings. The van der Waals surface area contributed by atoms with Crippen molar-refractivity contribution >= 4 is 22.8 Å². The van der Waals surface area contributed by atoms with E-state index < -0.39 is 17.8 Å². The third-order valence-electron chi connectivity index (χ3n) is 2.94. The minimum absolute atomic E-state index is 0. The molecular weight excluding hydrogens is 338 g/mol. The van der Waals surface area contributed by atoms with Crippen molar-refractivity contribution in [1.82, 2.24) is 4.98 Å². The molecule has 0 radical (unpaired) electrons. The van der Waals surface area contributed by atoms with Gasteiger partial charge >= 0.3 is 11.8 Å². The highest BCUT2D eigenvalue weighted by atomic mass is 79.9. The van der Waals surface area contributed by atoms with E-state index in [0.29, 0.717) is 0 Å². The molecule has 1 heterocycles. The van der Waals surface area contributed by atoms with Crippen LogP contribution >= 0.6 is 0 Å². The number of Topliss-reactive ketones (excluding diaryl/α,β-unsaturated/α-hetero) is 1. The van der Waals surface area contributed by atoms with Crippen molar-refractivity contribution in [2.24, 2.45) is 5.73 Å². The van der Waals surface area contributed by atoms with Gasteiger partial charge in [-0.15, -0.1) is 0 Å². The van der Waals surface area contributed by atoms with E-state index in [4.69, 9.17) is 10.5 Å². The highest BCUT2D eigenvalue weighted by Gasteiger charge is 2.34. The summed E-state index contributed by atoms with van der Waals surface area (Å²) < 4.78 is 6.40. The Morgan fingerprint density at radius 1 is 1.38 bits per heavy atom. The van der Waals surface area contributed by atoms with Gasteiger partial charge in [-0.05, 0) is 13.0 Å². The summed E-state index contributed by atoms with van der Waals surface area (Å²) in [6.07, 6.45) is 3.21. The largest absolute Gasteiger partial charge is 1.00 e. The molecule has 1 unspecified atom stereocenters. The second kappa shape index (κ2) is 7.80. The van der Waals surface area contributed by atoms with Crippen molar-refractivity contribution in [2.75, 3.05) is 13.2 Å². The van der Waals surface area contributed by atoms with Gasteiger partial charge in [0.15, 0.2) is 6.20 Å². The van der Waals surface area contributed by atoms with Crippen LogP contribution in [0.2, 0.25) is 0 Å². The Hall–Kier alpha value is -1.86. The monoisotopic (exact) mass is 353 g/mol. The topological polar surface area (TPSA) is 86.2 Å². The molecule has 0 aliphatic carbocycles. The van der Waals surface area contributed by atoms with Gasteiger partial charge in [0.2, 0.25) is 11.6 Å². The van der Waals surface area contributed by atoms with E-state index in [0.717, 1.165) is 11.0 Å². The number of ether oxygens (including phenoxy) is 1. The number of rotatable bonds is 5. The molecule has 0 amide bonds. The first-order chi connectivity index (χ1) is 9.69. The Morgan fingerprint density at radius 2 is 2.10 bits per heavy atom. The smallest absolute Gasteiger partial charge is 0.381 e. The number of esters is 1. The van der Waals surface area contributed by atoms with Gasteiger partial charge in [0.25, 0.3) is 0 Å². The van der Waals surface area contributed by atoms with Crippen molar-refractivity contribution in [1.29, 1.82) is 0 Å². The van der Waals surface area contributed by atoms with Gasteiger partial charge in [-0.3, -0.25) is 4.79 Å². The van der Waals surface area contributed by atoms with Gasteiger partial charge in [0, 0.05) is 6.07 Å². The maximum atomic E-state index is 12.1. The van der Waals surface area contributed by atoms with Gasteiger partial charge in [-0.25, -0.2) is 9.78 Å². The number of fused-ring (bicyclic) bond motifs is 1. The number of carbonyl (C=O) groups is 2. The molecule has 2 N–H and O–H groups in total. The molecular formula is C14H16BrN3O3.